The molecule has 1 aromatic heterocycles. The van der Waals surface area contributed by atoms with E-state index < -0.39 is 0 Å². The van der Waals surface area contributed by atoms with Crippen LogP contribution < -0.4 is 0 Å². The van der Waals surface area contributed by atoms with Gasteiger partial charge in [0.25, 0.3) is 0 Å². The van der Waals surface area contributed by atoms with Gasteiger partial charge in [-0.3, -0.25) is 0 Å². The number of hydrogen-bond donors (Lipinski definition) is 0. The van der Waals surface area contributed by atoms with E-state index in [4.69, 9.17) is 4.98 Å². The van der Waals surface area contributed by atoms with E-state index in [1.165, 1.54) is 44.0 Å². The predicted octanol–water partition coefficient (Wildman–Crippen LogP) is 7.98. The standard InChI is InChI=1S/C28H22BrN/c1-17-13-14-21-20-9-2-3-10-22(20)27-26(24(21)15-17)23-11-4-5-12-25(23)30-28(27)18-7-6-8-19(29)16-18/h2,4-9,11-14,16-17H,3,10,15H2,1H3. The van der Waals surface area contributed by atoms with E-state index in [0.29, 0.717) is 5.92 Å². The second-order valence-electron chi connectivity index (χ2n) is 8.50. The van der Waals surface area contributed by atoms with Crippen LogP contribution in [0.3, 0.4) is 0 Å². The van der Waals surface area contributed by atoms with Crippen LogP contribution in [-0.4, -0.2) is 4.98 Å². The monoisotopic (exact) mass is 451 g/mol. The van der Waals surface area contributed by atoms with Crippen LogP contribution in [0.4, 0.5) is 0 Å². The first-order valence-electron chi connectivity index (χ1n) is 10.7. The topological polar surface area (TPSA) is 12.9 Å². The van der Waals surface area contributed by atoms with Gasteiger partial charge in [0, 0.05) is 20.8 Å². The summed E-state index contributed by atoms with van der Waals surface area (Å²) in [6.07, 6.45) is 12.6. The van der Waals surface area contributed by atoms with Gasteiger partial charge in [-0.15, -0.1) is 0 Å². The number of para-hydroxylation sites is 1. The Morgan fingerprint density at radius 2 is 1.80 bits per heavy atom. The maximum Gasteiger partial charge on any atom is 0.0791 e. The first-order valence-corrected chi connectivity index (χ1v) is 11.5. The summed E-state index contributed by atoms with van der Waals surface area (Å²) in [5, 5.41) is 4.05. The van der Waals surface area contributed by atoms with Gasteiger partial charge in [-0.25, -0.2) is 4.98 Å². The van der Waals surface area contributed by atoms with Crippen molar-refractivity contribution in [3.63, 3.8) is 0 Å². The van der Waals surface area contributed by atoms with Gasteiger partial charge in [-0.05, 0) is 71.0 Å². The maximum absolute atomic E-state index is 5.23. The molecule has 1 heterocycles. The van der Waals surface area contributed by atoms with Crippen LogP contribution in [0.5, 0.6) is 0 Å². The fourth-order valence-corrected chi connectivity index (χ4v) is 5.59. The van der Waals surface area contributed by atoms with E-state index in [1.54, 1.807) is 0 Å². The minimum atomic E-state index is 0.549. The van der Waals surface area contributed by atoms with Crippen LogP contribution in [0.2, 0.25) is 0 Å². The van der Waals surface area contributed by atoms with Gasteiger partial charge in [-0.2, -0.15) is 0 Å². The van der Waals surface area contributed by atoms with E-state index in [0.717, 1.165) is 34.9 Å². The highest BCUT2D eigenvalue weighted by Crippen LogP contribution is 2.44. The van der Waals surface area contributed by atoms with Crippen molar-refractivity contribution in [3.8, 4) is 11.3 Å². The van der Waals surface area contributed by atoms with E-state index in [1.807, 2.05) is 0 Å². The van der Waals surface area contributed by atoms with E-state index >= 15 is 0 Å². The van der Waals surface area contributed by atoms with Crippen molar-refractivity contribution in [2.24, 2.45) is 5.92 Å². The highest BCUT2D eigenvalue weighted by atomic mass is 79.9. The molecule has 0 fully saturated rings. The lowest BCUT2D eigenvalue weighted by Crippen LogP contribution is -2.11. The third-order valence-electron chi connectivity index (χ3n) is 6.50. The van der Waals surface area contributed by atoms with Crippen molar-refractivity contribution in [3.05, 3.63) is 87.4 Å². The van der Waals surface area contributed by atoms with Gasteiger partial charge < -0.3 is 0 Å². The van der Waals surface area contributed by atoms with Crippen molar-refractivity contribution in [1.29, 1.82) is 0 Å². The molecule has 0 saturated carbocycles. The molecule has 1 nitrogen and oxygen atoms in total. The molecule has 2 aliphatic carbocycles. The average Bonchev–Trinajstić information content (AvgIpc) is 2.78. The third-order valence-corrected chi connectivity index (χ3v) is 6.99. The first kappa shape index (κ1) is 18.1. The van der Waals surface area contributed by atoms with Crippen molar-refractivity contribution < 1.29 is 0 Å². The number of benzene rings is 3. The molecule has 6 rings (SSSR count). The van der Waals surface area contributed by atoms with Gasteiger partial charge in [0.15, 0.2) is 0 Å². The van der Waals surface area contributed by atoms with Crippen molar-refractivity contribution in [1.82, 2.24) is 4.98 Å². The van der Waals surface area contributed by atoms with Crippen LogP contribution in [-0.2, 0) is 12.8 Å². The summed E-state index contributed by atoms with van der Waals surface area (Å²) in [4.78, 5) is 5.23. The van der Waals surface area contributed by atoms with E-state index in [-0.39, 0.29) is 0 Å². The van der Waals surface area contributed by atoms with Crippen LogP contribution in [0.1, 0.15) is 35.6 Å². The largest absolute Gasteiger partial charge is 0.247 e. The van der Waals surface area contributed by atoms with Crippen LogP contribution in [0, 0.1) is 5.92 Å². The summed E-state index contributed by atoms with van der Waals surface area (Å²) < 4.78 is 1.09. The Hall–Kier alpha value is -2.71. The molecule has 0 bridgehead atoms. The molecule has 1 atom stereocenters. The number of aromatic nitrogens is 1. The molecular formula is C28H22BrN. The number of allylic oxidation sites excluding steroid dienone is 2. The maximum atomic E-state index is 5.23. The molecule has 0 saturated heterocycles. The predicted molar refractivity (Wildman–Crippen MR) is 132 cm³/mol. The summed E-state index contributed by atoms with van der Waals surface area (Å²) >= 11 is 3.67. The Bertz CT molecular complexity index is 1390. The summed E-state index contributed by atoms with van der Waals surface area (Å²) in [5.74, 6) is 0.549. The van der Waals surface area contributed by atoms with Gasteiger partial charge in [0.2, 0.25) is 0 Å². The Morgan fingerprint density at radius 1 is 0.933 bits per heavy atom. The summed E-state index contributed by atoms with van der Waals surface area (Å²) in [6.45, 7) is 2.32. The molecule has 30 heavy (non-hydrogen) atoms. The fraction of sp³-hybridized carbons (Fsp3) is 0.179. The van der Waals surface area contributed by atoms with Crippen molar-refractivity contribution in [2.45, 2.75) is 26.2 Å². The molecule has 3 aromatic carbocycles. The molecule has 2 aliphatic rings. The van der Waals surface area contributed by atoms with Gasteiger partial charge in [-0.1, -0.05) is 77.5 Å². The minimum absolute atomic E-state index is 0.549. The Labute approximate surface area is 185 Å². The summed E-state index contributed by atoms with van der Waals surface area (Å²) in [6, 6.07) is 17.2. The highest BCUT2D eigenvalue weighted by molar-refractivity contribution is 9.10. The summed E-state index contributed by atoms with van der Waals surface area (Å²) in [7, 11) is 0. The Kier molecular flexibility index (Phi) is 4.17. The second kappa shape index (κ2) is 6.92. The van der Waals surface area contributed by atoms with Crippen LogP contribution in [0.15, 0.2) is 65.2 Å². The van der Waals surface area contributed by atoms with Crippen molar-refractivity contribution >= 4 is 49.8 Å². The third kappa shape index (κ3) is 2.70. The lowest BCUT2D eigenvalue weighted by Gasteiger charge is -2.27. The Morgan fingerprint density at radius 3 is 2.70 bits per heavy atom. The summed E-state index contributed by atoms with van der Waals surface area (Å²) in [5.41, 5.74) is 9.13. The molecule has 4 aromatic rings. The molecular weight excluding hydrogens is 430 g/mol. The molecule has 0 radical (unpaired) electrons. The zero-order chi connectivity index (χ0) is 20.2. The molecule has 146 valence electrons. The van der Waals surface area contributed by atoms with E-state index in [9.17, 15) is 0 Å². The smallest absolute Gasteiger partial charge is 0.0791 e. The number of nitrogens with zero attached hydrogens (tertiary/aromatic N) is 1. The van der Waals surface area contributed by atoms with Crippen LogP contribution in [0.25, 0.3) is 45.1 Å². The molecule has 0 amide bonds. The lowest BCUT2D eigenvalue weighted by molar-refractivity contribution is 0.721. The number of rotatable bonds is 1. The zero-order valence-electron chi connectivity index (χ0n) is 17.0. The zero-order valence-corrected chi connectivity index (χ0v) is 18.5. The minimum Gasteiger partial charge on any atom is -0.247 e. The van der Waals surface area contributed by atoms with Gasteiger partial charge >= 0.3 is 0 Å². The first-order chi connectivity index (χ1) is 14.7. The van der Waals surface area contributed by atoms with Crippen LogP contribution >= 0.6 is 15.9 Å². The van der Waals surface area contributed by atoms with E-state index in [2.05, 4.69) is 95.7 Å². The molecule has 2 heteroatoms. The molecule has 1 unspecified atom stereocenters. The molecule has 0 spiro atoms. The average molecular weight is 452 g/mol. The molecule has 0 N–H and O–H groups in total. The SMILES string of the molecule is CC1C=Cc2c3c(c4c(-c5cccc(Br)c5)nc5ccccc5c4c2C1)CCC=C3. The lowest BCUT2D eigenvalue weighted by atomic mass is 9.78. The second-order valence-corrected chi connectivity index (χ2v) is 9.42. The Balaban J connectivity index is 1.87. The van der Waals surface area contributed by atoms with Gasteiger partial charge in [0.1, 0.15) is 0 Å². The molecule has 0 aliphatic heterocycles. The van der Waals surface area contributed by atoms with Gasteiger partial charge in [0.05, 0.1) is 11.2 Å². The normalized spacial score (nSPS) is 17.3. The highest BCUT2D eigenvalue weighted by Gasteiger charge is 2.25. The number of halogens is 1. The fourth-order valence-electron chi connectivity index (χ4n) is 5.19. The number of fused-ring (bicyclic) bond motifs is 8. The number of aryl methyl sites for hydroxylation is 1. The van der Waals surface area contributed by atoms with Crippen molar-refractivity contribution in [2.75, 3.05) is 0 Å². The number of pyridine rings is 1. The number of hydrogen-bond acceptors (Lipinski definition) is 1. The quantitative estimate of drug-likeness (QED) is 0.267.